The van der Waals surface area contributed by atoms with Crippen LogP contribution in [0.25, 0.3) is 0 Å². The van der Waals surface area contributed by atoms with Crippen LogP contribution in [-0.2, 0) is 12.3 Å². The number of halogens is 5. The van der Waals surface area contributed by atoms with Gasteiger partial charge in [0.1, 0.15) is 17.1 Å². The zero-order valence-corrected chi connectivity index (χ0v) is 20.2. The number of thioether (sulfide) groups is 1. The molecule has 0 aliphatic heterocycles. The number of benzene rings is 2. The first-order valence-electron chi connectivity index (χ1n) is 9.82. The Morgan fingerprint density at radius 3 is 2.56 bits per heavy atom. The molecule has 0 amide bonds. The number of hydrogen-bond donors (Lipinski definition) is 1. The van der Waals surface area contributed by atoms with Crippen molar-refractivity contribution in [1.29, 1.82) is 0 Å². The van der Waals surface area contributed by atoms with Crippen LogP contribution in [0.2, 0.25) is 0 Å². The van der Waals surface area contributed by atoms with Gasteiger partial charge in [-0.1, -0.05) is 42.1 Å². The number of rotatable bonds is 9. The van der Waals surface area contributed by atoms with E-state index >= 15 is 0 Å². The lowest BCUT2D eigenvalue weighted by Crippen LogP contribution is -2.09. The minimum absolute atomic E-state index is 0.214. The average molecular weight is 558 g/mol. The Bertz CT molecular complexity index is 1170. The molecule has 3 aromatic rings. The number of aromatic nitrogens is 2. The minimum atomic E-state index is -3.00. The van der Waals surface area contributed by atoms with Crippen molar-refractivity contribution in [2.75, 3.05) is 7.11 Å². The van der Waals surface area contributed by atoms with Gasteiger partial charge >= 0.3 is 0 Å². The van der Waals surface area contributed by atoms with Gasteiger partial charge in [-0.15, -0.1) is 5.10 Å². The summed E-state index contributed by atoms with van der Waals surface area (Å²) in [4.78, 5) is 0. The SMILES string of the molecule is COc1ccc(C=NN=C(N)SCc2ccccc2)cc1Cn1nc(C(F)F)c(Br)c1C(F)F. The Morgan fingerprint density at radius 2 is 1.91 bits per heavy atom. The standard InChI is InChI=1S/C22H20BrF4N5OS/c1-33-16-8-7-14(10-29-30-22(28)34-12-13-5-3-2-4-6-13)9-15(16)11-32-19(21(26)27)17(23)18(31-32)20(24)25/h2-10,20-21H,11-12H2,1H3,(H2,28,30). The topological polar surface area (TPSA) is 77.8 Å². The number of alkyl halides is 4. The lowest BCUT2D eigenvalue weighted by Gasteiger charge is -2.12. The largest absolute Gasteiger partial charge is 0.496 e. The first-order valence-corrected chi connectivity index (χ1v) is 11.6. The number of nitrogens with zero attached hydrogens (tertiary/aromatic N) is 4. The Hall–Kier alpha value is -2.86. The molecule has 3 rings (SSSR count). The van der Waals surface area contributed by atoms with Crippen LogP contribution in [0.5, 0.6) is 5.75 Å². The van der Waals surface area contributed by atoms with Gasteiger partial charge in [0, 0.05) is 11.3 Å². The van der Waals surface area contributed by atoms with E-state index in [9.17, 15) is 17.6 Å². The molecule has 0 saturated carbocycles. The van der Waals surface area contributed by atoms with E-state index in [1.54, 1.807) is 18.2 Å². The monoisotopic (exact) mass is 557 g/mol. The quantitative estimate of drug-likeness (QED) is 0.148. The molecule has 12 heteroatoms. The molecular formula is C22H20BrF4N5OS. The zero-order valence-electron chi connectivity index (χ0n) is 17.8. The van der Waals surface area contributed by atoms with Crippen LogP contribution in [0.1, 0.15) is 40.9 Å². The predicted molar refractivity (Wildman–Crippen MR) is 129 cm³/mol. The number of methoxy groups -OCH3 is 1. The molecule has 2 N–H and O–H groups in total. The van der Waals surface area contributed by atoms with Crippen molar-refractivity contribution in [2.24, 2.45) is 15.9 Å². The van der Waals surface area contributed by atoms with E-state index in [4.69, 9.17) is 10.5 Å². The summed E-state index contributed by atoms with van der Waals surface area (Å²) in [5.74, 6) is 1.02. The molecule has 0 aliphatic rings. The van der Waals surface area contributed by atoms with E-state index in [0.29, 0.717) is 22.6 Å². The average Bonchev–Trinajstić information content (AvgIpc) is 3.14. The molecule has 34 heavy (non-hydrogen) atoms. The first-order chi connectivity index (χ1) is 16.3. The van der Waals surface area contributed by atoms with Crippen LogP contribution >= 0.6 is 27.7 Å². The number of hydrogen-bond acceptors (Lipinski definition) is 5. The van der Waals surface area contributed by atoms with Crippen molar-refractivity contribution < 1.29 is 22.3 Å². The zero-order chi connectivity index (χ0) is 24.7. The third-order valence-electron chi connectivity index (χ3n) is 4.59. The second-order valence-electron chi connectivity index (χ2n) is 6.87. The normalized spacial score (nSPS) is 12.3. The van der Waals surface area contributed by atoms with Gasteiger partial charge in [-0.2, -0.15) is 10.2 Å². The van der Waals surface area contributed by atoms with Gasteiger partial charge in [0.2, 0.25) is 0 Å². The highest BCUT2D eigenvalue weighted by atomic mass is 79.9. The number of nitrogens with two attached hydrogens (primary N) is 1. The molecule has 0 aliphatic carbocycles. The first kappa shape index (κ1) is 25.8. The van der Waals surface area contributed by atoms with Crippen LogP contribution < -0.4 is 10.5 Å². The summed E-state index contributed by atoms with van der Waals surface area (Å²) in [6.07, 6.45) is -4.57. The van der Waals surface area contributed by atoms with Crippen LogP contribution in [-0.4, -0.2) is 28.3 Å². The summed E-state index contributed by atoms with van der Waals surface area (Å²) in [6.45, 7) is -0.214. The maximum absolute atomic E-state index is 13.5. The summed E-state index contributed by atoms with van der Waals surface area (Å²) in [7, 11) is 1.42. The van der Waals surface area contributed by atoms with Crippen LogP contribution in [0, 0.1) is 0 Å². The summed E-state index contributed by atoms with van der Waals surface area (Å²) in [6, 6.07) is 14.7. The number of amidine groups is 1. The van der Waals surface area contributed by atoms with E-state index in [1.807, 2.05) is 30.3 Å². The Labute approximate surface area is 206 Å². The molecule has 0 fully saturated rings. The second-order valence-corrected chi connectivity index (χ2v) is 8.66. The molecule has 0 saturated heterocycles. The van der Waals surface area contributed by atoms with E-state index < -0.39 is 28.7 Å². The number of ether oxygens (including phenoxy) is 1. The van der Waals surface area contributed by atoms with E-state index in [-0.39, 0.29) is 11.7 Å². The fourth-order valence-corrected chi connectivity index (χ4v) is 4.26. The third kappa shape index (κ3) is 6.60. The lowest BCUT2D eigenvalue weighted by molar-refractivity contribution is 0.139. The van der Waals surface area contributed by atoms with Crippen molar-refractivity contribution in [2.45, 2.75) is 25.1 Å². The summed E-state index contributed by atoms with van der Waals surface area (Å²) >= 11 is 4.15. The van der Waals surface area contributed by atoms with Gasteiger partial charge in [0.05, 0.1) is 24.3 Å². The van der Waals surface area contributed by atoms with Crippen LogP contribution in [0.4, 0.5) is 17.6 Å². The Morgan fingerprint density at radius 1 is 1.18 bits per heavy atom. The van der Waals surface area contributed by atoms with Crippen LogP contribution in [0.15, 0.2) is 63.2 Å². The predicted octanol–water partition coefficient (Wildman–Crippen LogP) is 6.16. The smallest absolute Gasteiger partial charge is 0.283 e. The molecule has 0 atom stereocenters. The molecule has 0 bridgehead atoms. The molecule has 2 aromatic carbocycles. The van der Waals surface area contributed by atoms with Crippen molar-refractivity contribution in [1.82, 2.24) is 9.78 Å². The second kappa shape index (κ2) is 12.0. The summed E-state index contributed by atoms with van der Waals surface area (Å²) < 4.78 is 59.1. The third-order valence-corrected chi connectivity index (χ3v) is 6.25. The maximum Gasteiger partial charge on any atom is 0.283 e. The molecule has 6 nitrogen and oxygen atoms in total. The van der Waals surface area contributed by atoms with E-state index in [1.165, 1.54) is 25.1 Å². The van der Waals surface area contributed by atoms with Gasteiger partial charge in [0.15, 0.2) is 5.17 Å². The molecule has 1 heterocycles. The van der Waals surface area contributed by atoms with Crippen molar-refractivity contribution in [3.8, 4) is 5.75 Å². The molecule has 0 radical (unpaired) electrons. The molecular weight excluding hydrogens is 538 g/mol. The van der Waals surface area contributed by atoms with Gasteiger partial charge in [-0.3, -0.25) is 4.68 Å². The van der Waals surface area contributed by atoms with Gasteiger partial charge < -0.3 is 10.5 Å². The Kier molecular flexibility index (Phi) is 9.11. The van der Waals surface area contributed by atoms with E-state index in [0.717, 1.165) is 10.2 Å². The lowest BCUT2D eigenvalue weighted by atomic mass is 10.1. The molecule has 0 unspecified atom stereocenters. The fraction of sp³-hybridized carbons (Fsp3) is 0.227. The van der Waals surface area contributed by atoms with Gasteiger partial charge in [-0.05, 0) is 45.3 Å². The minimum Gasteiger partial charge on any atom is -0.496 e. The fourth-order valence-electron chi connectivity index (χ4n) is 3.02. The Balaban J connectivity index is 1.78. The van der Waals surface area contributed by atoms with Crippen molar-refractivity contribution in [3.05, 3.63) is 81.1 Å². The van der Waals surface area contributed by atoms with Gasteiger partial charge in [-0.25, -0.2) is 17.6 Å². The molecule has 0 spiro atoms. The highest BCUT2D eigenvalue weighted by Gasteiger charge is 2.28. The molecule has 1 aromatic heterocycles. The maximum atomic E-state index is 13.5. The highest BCUT2D eigenvalue weighted by molar-refractivity contribution is 9.10. The van der Waals surface area contributed by atoms with Crippen molar-refractivity contribution in [3.63, 3.8) is 0 Å². The van der Waals surface area contributed by atoms with Crippen molar-refractivity contribution >= 4 is 39.1 Å². The van der Waals surface area contributed by atoms with E-state index in [2.05, 4.69) is 31.2 Å². The highest BCUT2D eigenvalue weighted by Crippen LogP contribution is 2.35. The summed E-state index contributed by atoms with van der Waals surface area (Å²) in [5.41, 5.74) is 6.62. The van der Waals surface area contributed by atoms with Gasteiger partial charge in [0.25, 0.3) is 12.9 Å². The van der Waals surface area contributed by atoms with Crippen LogP contribution in [0.3, 0.4) is 0 Å². The summed E-state index contributed by atoms with van der Waals surface area (Å²) in [5, 5.41) is 11.9. The molecule has 180 valence electrons.